The van der Waals surface area contributed by atoms with Gasteiger partial charge in [0.15, 0.2) is 11.6 Å². The standard InChI is InChI=1S/C26H26N2O5S/c1-3-25(30)19-8-5-9-20(13-19)28-34(32,33)21-10-11-23-22(14-21)26(31)15-24(27-23)18-7-4-6-17(12-18)16(2)29/h4-14,24,26-28,31H,3,15H2,1-2H3. The Kier molecular flexibility index (Phi) is 6.54. The van der Waals surface area contributed by atoms with Gasteiger partial charge in [-0.05, 0) is 48.9 Å². The summed E-state index contributed by atoms with van der Waals surface area (Å²) in [6.45, 7) is 3.25. The predicted molar refractivity (Wildman–Crippen MR) is 131 cm³/mol. The zero-order chi connectivity index (χ0) is 24.5. The van der Waals surface area contributed by atoms with E-state index in [4.69, 9.17) is 0 Å². The molecule has 2 unspecified atom stereocenters. The van der Waals surface area contributed by atoms with Gasteiger partial charge < -0.3 is 10.4 Å². The molecule has 3 aromatic rings. The minimum Gasteiger partial charge on any atom is -0.388 e. The Morgan fingerprint density at radius 3 is 2.50 bits per heavy atom. The van der Waals surface area contributed by atoms with E-state index >= 15 is 0 Å². The molecule has 0 amide bonds. The first-order valence-corrected chi connectivity index (χ1v) is 12.5. The van der Waals surface area contributed by atoms with Gasteiger partial charge in [-0.2, -0.15) is 0 Å². The zero-order valence-electron chi connectivity index (χ0n) is 18.9. The molecule has 3 N–H and O–H groups in total. The minimum atomic E-state index is -3.94. The molecule has 0 saturated heterocycles. The second-order valence-corrected chi connectivity index (χ2v) is 10.0. The SMILES string of the molecule is CCC(=O)c1cccc(NS(=O)(=O)c2ccc3c(c2)C(O)CC(c2cccc(C(C)=O)c2)N3)c1. The molecule has 4 rings (SSSR count). The molecule has 3 aromatic carbocycles. The van der Waals surface area contributed by atoms with Gasteiger partial charge in [0.25, 0.3) is 10.0 Å². The normalized spacial score (nSPS) is 17.4. The Morgan fingerprint density at radius 2 is 1.76 bits per heavy atom. The van der Waals surface area contributed by atoms with Crippen LogP contribution in [0.3, 0.4) is 0 Å². The van der Waals surface area contributed by atoms with E-state index in [0.29, 0.717) is 40.9 Å². The first-order chi connectivity index (χ1) is 16.2. The van der Waals surface area contributed by atoms with Crippen LogP contribution in [-0.2, 0) is 10.0 Å². The van der Waals surface area contributed by atoms with Crippen LogP contribution in [0.5, 0.6) is 0 Å². The van der Waals surface area contributed by atoms with Crippen molar-refractivity contribution in [3.8, 4) is 0 Å². The number of sulfonamides is 1. The second-order valence-electron chi connectivity index (χ2n) is 8.34. The van der Waals surface area contributed by atoms with Crippen LogP contribution >= 0.6 is 0 Å². The number of carbonyl (C=O) groups is 2. The summed E-state index contributed by atoms with van der Waals surface area (Å²) in [6.07, 6.45) is -0.235. The third-order valence-corrected chi connectivity index (χ3v) is 7.31. The zero-order valence-corrected chi connectivity index (χ0v) is 19.7. The van der Waals surface area contributed by atoms with Crippen molar-refractivity contribution in [1.82, 2.24) is 0 Å². The number of hydrogen-bond donors (Lipinski definition) is 3. The number of benzene rings is 3. The van der Waals surface area contributed by atoms with Crippen LogP contribution < -0.4 is 10.0 Å². The van der Waals surface area contributed by atoms with Gasteiger partial charge >= 0.3 is 0 Å². The van der Waals surface area contributed by atoms with E-state index in [2.05, 4.69) is 10.0 Å². The Hall–Kier alpha value is -3.49. The van der Waals surface area contributed by atoms with E-state index < -0.39 is 16.1 Å². The minimum absolute atomic E-state index is 0.0105. The number of hydrogen-bond acceptors (Lipinski definition) is 6. The third kappa shape index (κ3) is 4.88. The molecule has 0 fully saturated rings. The molecule has 8 heteroatoms. The summed E-state index contributed by atoms with van der Waals surface area (Å²) in [7, 11) is -3.94. The lowest BCUT2D eigenvalue weighted by Gasteiger charge is -2.31. The fourth-order valence-corrected chi connectivity index (χ4v) is 5.16. The van der Waals surface area contributed by atoms with Crippen LogP contribution in [0, 0.1) is 0 Å². The number of aliphatic hydroxyl groups is 1. The van der Waals surface area contributed by atoms with Gasteiger partial charge in [-0.3, -0.25) is 14.3 Å². The van der Waals surface area contributed by atoms with Gasteiger partial charge in [0.1, 0.15) is 0 Å². The number of rotatable bonds is 7. The predicted octanol–water partition coefficient (Wildman–Crippen LogP) is 4.87. The highest BCUT2D eigenvalue weighted by atomic mass is 32.2. The van der Waals surface area contributed by atoms with Gasteiger partial charge in [-0.1, -0.05) is 37.3 Å². The molecule has 0 saturated carbocycles. The molecule has 176 valence electrons. The Labute approximate surface area is 198 Å². The second kappa shape index (κ2) is 9.40. The van der Waals surface area contributed by atoms with Crippen LogP contribution in [-0.4, -0.2) is 25.1 Å². The summed E-state index contributed by atoms with van der Waals surface area (Å²) in [5.41, 5.74) is 3.31. The highest BCUT2D eigenvalue weighted by Crippen LogP contribution is 2.40. The van der Waals surface area contributed by atoms with Crippen LogP contribution in [0.4, 0.5) is 11.4 Å². The van der Waals surface area contributed by atoms with E-state index in [9.17, 15) is 23.1 Å². The Balaban J connectivity index is 1.58. The van der Waals surface area contributed by atoms with Crippen LogP contribution in [0.15, 0.2) is 71.6 Å². The number of aliphatic hydroxyl groups excluding tert-OH is 1. The van der Waals surface area contributed by atoms with Crippen LogP contribution in [0.2, 0.25) is 0 Å². The van der Waals surface area contributed by atoms with Crippen molar-refractivity contribution < 1.29 is 23.1 Å². The third-order valence-electron chi connectivity index (χ3n) is 5.93. The molecule has 7 nitrogen and oxygen atoms in total. The molecule has 1 aliphatic rings. The first kappa shape index (κ1) is 23.7. The van der Waals surface area contributed by atoms with Gasteiger partial charge in [-0.25, -0.2) is 8.42 Å². The van der Waals surface area contributed by atoms with E-state index in [0.717, 1.165) is 5.56 Å². The Morgan fingerprint density at radius 1 is 1.03 bits per heavy atom. The van der Waals surface area contributed by atoms with Gasteiger partial charge in [0.2, 0.25) is 0 Å². The largest absolute Gasteiger partial charge is 0.388 e. The monoisotopic (exact) mass is 478 g/mol. The van der Waals surface area contributed by atoms with Crippen molar-refractivity contribution >= 4 is 33.0 Å². The topological polar surface area (TPSA) is 113 Å². The summed E-state index contributed by atoms with van der Waals surface area (Å²) in [4.78, 5) is 23.7. The quantitative estimate of drug-likeness (QED) is 0.418. The van der Waals surface area contributed by atoms with Gasteiger partial charge in [0, 0.05) is 40.9 Å². The molecule has 0 bridgehead atoms. The van der Waals surface area contributed by atoms with Crippen molar-refractivity contribution in [3.63, 3.8) is 0 Å². The maximum atomic E-state index is 13.0. The number of Topliss-reactive ketones (excluding diaryl/α,β-unsaturated/α-hetero) is 2. The highest BCUT2D eigenvalue weighted by Gasteiger charge is 2.28. The summed E-state index contributed by atoms with van der Waals surface area (Å²) in [6, 6.07) is 17.9. The van der Waals surface area contributed by atoms with E-state index in [1.807, 2.05) is 6.07 Å². The molecule has 2 atom stereocenters. The first-order valence-electron chi connectivity index (χ1n) is 11.0. The highest BCUT2D eigenvalue weighted by molar-refractivity contribution is 7.92. The maximum Gasteiger partial charge on any atom is 0.261 e. The molecule has 0 radical (unpaired) electrons. The summed E-state index contributed by atoms with van der Waals surface area (Å²) < 4.78 is 28.5. The number of anilines is 2. The molecule has 1 aliphatic heterocycles. The number of carbonyl (C=O) groups excluding carboxylic acids is 2. The molecule has 34 heavy (non-hydrogen) atoms. The molecule has 0 spiro atoms. The van der Waals surface area contributed by atoms with Crippen molar-refractivity contribution in [2.75, 3.05) is 10.0 Å². The number of ketones is 2. The smallest absolute Gasteiger partial charge is 0.261 e. The average molecular weight is 479 g/mol. The summed E-state index contributed by atoms with van der Waals surface area (Å²) in [5, 5.41) is 14.2. The fraction of sp³-hybridized carbons (Fsp3) is 0.231. The van der Waals surface area contributed by atoms with Crippen molar-refractivity contribution in [2.45, 2.75) is 43.7 Å². The number of nitrogens with one attached hydrogen (secondary N) is 2. The summed E-state index contributed by atoms with van der Waals surface area (Å²) in [5.74, 6) is -0.113. The molecule has 0 aromatic heterocycles. The van der Waals surface area contributed by atoms with Gasteiger partial charge in [0.05, 0.1) is 17.0 Å². The summed E-state index contributed by atoms with van der Waals surface area (Å²) >= 11 is 0. The molecular weight excluding hydrogens is 452 g/mol. The average Bonchev–Trinajstić information content (AvgIpc) is 2.83. The van der Waals surface area contributed by atoms with Crippen LogP contribution in [0.1, 0.15) is 70.7 Å². The molecule has 0 aliphatic carbocycles. The van der Waals surface area contributed by atoms with Crippen molar-refractivity contribution in [2.24, 2.45) is 0 Å². The van der Waals surface area contributed by atoms with Crippen molar-refractivity contribution in [1.29, 1.82) is 0 Å². The fourth-order valence-electron chi connectivity index (χ4n) is 4.08. The molecule has 1 heterocycles. The lowest BCUT2D eigenvalue weighted by atomic mass is 9.90. The van der Waals surface area contributed by atoms with E-state index in [-0.39, 0.29) is 22.5 Å². The molecular formula is C26H26N2O5S. The maximum absolute atomic E-state index is 13.0. The number of fused-ring (bicyclic) bond motifs is 1. The van der Waals surface area contributed by atoms with Crippen molar-refractivity contribution in [3.05, 3.63) is 89.0 Å². The van der Waals surface area contributed by atoms with E-state index in [1.54, 1.807) is 49.4 Å². The lowest BCUT2D eigenvalue weighted by molar-refractivity contribution is 0.0985. The van der Waals surface area contributed by atoms with E-state index in [1.165, 1.54) is 25.1 Å². The lowest BCUT2D eigenvalue weighted by Crippen LogP contribution is -2.22. The van der Waals surface area contributed by atoms with Gasteiger partial charge in [-0.15, -0.1) is 0 Å². The Bertz CT molecular complexity index is 1370. The van der Waals surface area contributed by atoms with Crippen LogP contribution in [0.25, 0.3) is 0 Å².